The number of benzene rings is 1. The first kappa shape index (κ1) is 10.7. The van der Waals surface area contributed by atoms with Crippen molar-refractivity contribution in [1.29, 1.82) is 0 Å². The van der Waals surface area contributed by atoms with Crippen molar-refractivity contribution in [3.05, 3.63) is 16.6 Å². The number of nitrogens with two attached hydrogens (primary N) is 1. The Morgan fingerprint density at radius 3 is 2.85 bits per heavy atom. The molecule has 0 aliphatic carbocycles. The zero-order chi connectivity index (χ0) is 9.84. The summed E-state index contributed by atoms with van der Waals surface area (Å²) in [4.78, 5) is 0.737. The largest absolute Gasteiger partial charge is 0.491 e. The lowest BCUT2D eigenvalue weighted by Crippen LogP contribution is -1.99. The van der Waals surface area contributed by atoms with E-state index in [2.05, 4.69) is 35.5 Å². The number of rotatable bonds is 3. The molecule has 0 aromatic heterocycles. The molecule has 2 nitrogen and oxygen atoms in total. The monoisotopic (exact) mass is 261 g/mol. The first-order valence-corrected chi connectivity index (χ1v) is 5.30. The molecule has 0 aliphatic heterocycles. The van der Waals surface area contributed by atoms with Gasteiger partial charge in [-0.3, -0.25) is 0 Å². The van der Waals surface area contributed by atoms with Crippen LogP contribution in [-0.2, 0) is 0 Å². The van der Waals surface area contributed by atoms with Crippen molar-refractivity contribution in [3.63, 3.8) is 0 Å². The van der Waals surface area contributed by atoms with Crippen molar-refractivity contribution in [2.24, 2.45) is 0 Å². The minimum absolute atomic E-state index is 0.597. The Kier molecular flexibility index (Phi) is 3.93. The van der Waals surface area contributed by atoms with Crippen molar-refractivity contribution in [3.8, 4) is 5.75 Å². The van der Waals surface area contributed by atoms with Crippen LogP contribution >= 0.6 is 28.6 Å². The quantitative estimate of drug-likeness (QED) is 0.648. The molecule has 2 N–H and O–H groups in total. The van der Waals surface area contributed by atoms with Gasteiger partial charge in [0, 0.05) is 9.37 Å². The van der Waals surface area contributed by atoms with Gasteiger partial charge in [0.1, 0.15) is 5.75 Å². The summed E-state index contributed by atoms with van der Waals surface area (Å²) in [7, 11) is 0. The van der Waals surface area contributed by atoms with Crippen molar-refractivity contribution < 1.29 is 4.74 Å². The molecule has 0 unspecified atom stereocenters. The molecule has 0 spiro atoms. The van der Waals surface area contributed by atoms with E-state index < -0.39 is 0 Å². The van der Waals surface area contributed by atoms with E-state index in [-0.39, 0.29) is 0 Å². The standard InChI is InChI=1S/C9H12BrNOS/c1-2-3-12-7-4-6(10)5-8(13)9(7)11/h4-5,13H,2-3,11H2,1H3. The molecule has 0 radical (unpaired) electrons. The summed E-state index contributed by atoms with van der Waals surface area (Å²) in [6.45, 7) is 2.73. The normalized spacial score (nSPS) is 10.1. The van der Waals surface area contributed by atoms with Gasteiger partial charge in [-0.2, -0.15) is 0 Å². The second-order valence-electron chi connectivity index (χ2n) is 2.69. The highest BCUT2D eigenvalue weighted by Gasteiger charge is 2.05. The maximum Gasteiger partial charge on any atom is 0.144 e. The zero-order valence-electron chi connectivity index (χ0n) is 7.38. The van der Waals surface area contributed by atoms with E-state index in [1.165, 1.54) is 0 Å². The molecular formula is C9H12BrNOS. The molecule has 0 heterocycles. The Morgan fingerprint density at radius 2 is 2.23 bits per heavy atom. The predicted molar refractivity (Wildman–Crippen MR) is 61.6 cm³/mol. The maximum atomic E-state index is 5.77. The molecule has 0 atom stereocenters. The van der Waals surface area contributed by atoms with E-state index in [1.807, 2.05) is 12.1 Å². The van der Waals surface area contributed by atoms with Crippen LogP contribution in [0.1, 0.15) is 13.3 Å². The highest BCUT2D eigenvalue weighted by atomic mass is 79.9. The van der Waals surface area contributed by atoms with Crippen LogP contribution in [-0.4, -0.2) is 6.61 Å². The van der Waals surface area contributed by atoms with Gasteiger partial charge in [0.25, 0.3) is 0 Å². The fourth-order valence-corrected chi connectivity index (χ4v) is 1.77. The van der Waals surface area contributed by atoms with Gasteiger partial charge in [-0.1, -0.05) is 22.9 Å². The molecule has 72 valence electrons. The van der Waals surface area contributed by atoms with Gasteiger partial charge in [0.2, 0.25) is 0 Å². The number of hydrogen-bond acceptors (Lipinski definition) is 3. The molecule has 0 saturated heterocycles. The number of ether oxygens (including phenoxy) is 1. The molecule has 0 bridgehead atoms. The van der Waals surface area contributed by atoms with E-state index in [9.17, 15) is 0 Å². The molecule has 4 heteroatoms. The minimum atomic E-state index is 0.597. The van der Waals surface area contributed by atoms with E-state index in [0.717, 1.165) is 15.8 Å². The Morgan fingerprint density at radius 1 is 1.54 bits per heavy atom. The van der Waals surface area contributed by atoms with Crippen LogP contribution in [0.2, 0.25) is 0 Å². The maximum absolute atomic E-state index is 5.77. The summed E-state index contributed by atoms with van der Waals surface area (Å²) in [5.41, 5.74) is 6.37. The van der Waals surface area contributed by atoms with Crippen LogP contribution in [0, 0.1) is 0 Å². The number of nitrogen functional groups attached to an aromatic ring is 1. The second kappa shape index (κ2) is 4.77. The third-order valence-corrected chi connectivity index (χ3v) is 2.37. The first-order chi connectivity index (χ1) is 6.15. The molecule has 1 rings (SSSR count). The fourth-order valence-electron chi connectivity index (χ4n) is 0.911. The van der Waals surface area contributed by atoms with Crippen molar-refractivity contribution in [2.75, 3.05) is 12.3 Å². The number of halogens is 1. The smallest absolute Gasteiger partial charge is 0.144 e. The SMILES string of the molecule is CCCOc1cc(Br)cc(S)c1N. The Bertz CT molecular complexity index is 304. The van der Waals surface area contributed by atoms with E-state index >= 15 is 0 Å². The van der Waals surface area contributed by atoms with Crippen LogP contribution in [0.3, 0.4) is 0 Å². The zero-order valence-corrected chi connectivity index (χ0v) is 9.86. The lowest BCUT2D eigenvalue weighted by molar-refractivity contribution is 0.318. The minimum Gasteiger partial charge on any atom is -0.491 e. The molecular weight excluding hydrogens is 250 g/mol. The molecule has 0 fully saturated rings. The first-order valence-electron chi connectivity index (χ1n) is 4.06. The molecule has 1 aromatic carbocycles. The average molecular weight is 262 g/mol. The van der Waals surface area contributed by atoms with Crippen molar-refractivity contribution >= 4 is 34.2 Å². The highest BCUT2D eigenvalue weighted by Crippen LogP contribution is 2.32. The Balaban J connectivity index is 2.92. The van der Waals surface area contributed by atoms with Crippen molar-refractivity contribution in [2.45, 2.75) is 18.2 Å². The summed E-state index contributed by atoms with van der Waals surface area (Å²) in [6.07, 6.45) is 0.966. The summed E-state index contributed by atoms with van der Waals surface area (Å²) >= 11 is 7.58. The van der Waals surface area contributed by atoms with Gasteiger partial charge >= 0.3 is 0 Å². The van der Waals surface area contributed by atoms with E-state index in [1.54, 1.807) is 0 Å². The third kappa shape index (κ3) is 2.81. The van der Waals surface area contributed by atoms with Crippen LogP contribution in [0.15, 0.2) is 21.5 Å². The van der Waals surface area contributed by atoms with Crippen LogP contribution in [0.5, 0.6) is 5.75 Å². The average Bonchev–Trinajstić information content (AvgIpc) is 2.09. The van der Waals surface area contributed by atoms with Crippen LogP contribution in [0.4, 0.5) is 5.69 Å². The number of anilines is 1. The predicted octanol–water partition coefficient (Wildman–Crippen LogP) is 3.11. The van der Waals surface area contributed by atoms with Gasteiger partial charge in [0.15, 0.2) is 0 Å². The molecule has 0 aliphatic rings. The fraction of sp³-hybridized carbons (Fsp3) is 0.333. The summed E-state index contributed by atoms with van der Waals surface area (Å²) in [5.74, 6) is 0.696. The number of hydrogen-bond donors (Lipinski definition) is 2. The Hall–Kier alpha value is -0.350. The van der Waals surface area contributed by atoms with E-state index in [4.69, 9.17) is 10.5 Å². The lowest BCUT2D eigenvalue weighted by Gasteiger charge is -2.09. The summed E-state index contributed by atoms with van der Waals surface area (Å²) < 4.78 is 6.37. The Labute approximate surface area is 92.0 Å². The van der Waals surface area contributed by atoms with Crippen LogP contribution in [0.25, 0.3) is 0 Å². The van der Waals surface area contributed by atoms with Gasteiger partial charge in [-0.05, 0) is 18.6 Å². The van der Waals surface area contributed by atoms with Crippen molar-refractivity contribution in [1.82, 2.24) is 0 Å². The lowest BCUT2D eigenvalue weighted by atomic mass is 10.3. The van der Waals surface area contributed by atoms with E-state index in [0.29, 0.717) is 18.0 Å². The van der Waals surface area contributed by atoms with Gasteiger partial charge in [-0.15, -0.1) is 12.6 Å². The molecule has 0 saturated carbocycles. The molecule has 1 aromatic rings. The third-order valence-electron chi connectivity index (χ3n) is 1.55. The highest BCUT2D eigenvalue weighted by molar-refractivity contribution is 9.10. The van der Waals surface area contributed by atoms with Gasteiger partial charge < -0.3 is 10.5 Å². The second-order valence-corrected chi connectivity index (χ2v) is 4.08. The summed E-state index contributed by atoms with van der Waals surface area (Å²) in [6, 6.07) is 3.70. The topological polar surface area (TPSA) is 35.2 Å². The molecule has 0 amide bonds. The molecule has 13 heavy (non-hydrogen) atoms. The van der Waals surface area contributed by atoms with Gasteiger partial charge in [-0.25, -0.2) is 0 Å². The number of thiol groups is 1. The summed E-state index contributed by atoms with van der Waals surface area (Å²) in [5, 5.41) is 0. The van der Waals surface area contributed by atoms with Crippen LogP contribution < -0.4 is 10.5 Å². The van der Waals surface area contributed by atoms with Gasteiger partial charge in [0.05, 0.1) is 12.3 Å².